The summed E-state index contributed by atoms with van der Waals surface area (Å²) in [6.45, 7) is 2.18. The second-order valence-electron chi connectivity index (χ2n) is 9.83. The molecule has 4 rings (SSSR count). The number of methoxy groups -OCH3 is 1. The second kappa shape index (κ2) is 10.8. The molecular weight excluding hydrogens is 421 g/mol. The van der Waals surface area contributed by atoms with E-state index in [0.29, 0.717) is 35.3 Å². The smallest absolute Gasteiger partial charge is 0.166 e. The largest absolute Gasteiger partial charge is 0.494 e. The molecule has 0 radical (unpaired) electrons. The third kappa shape index (κ3) is 5.47. The summed E-state index contributed by atoms with van der Waals surface area (Å²) in [5.41, 5.74) is 2.91. The maximum Gasteiger partial charge on any atom is 0.166 e. The van der Waals surface area contributed by atoms with Crippen LogP contribution in [0.5, 0.6) is 5.75 Å². The first kappa shape index (κ1) is 23.9. The fourth-order valence-corrected chi connectivity index (χ4v) is 5.62. The minimum atomic E-state index is -0.682. The molecule has 0 amide bonds. The first-order valence-corrected chi connectivity index (χ1v) is 12.5. The van der Waals surface area contributed by atoms with Gasteiger partial charge >= 0.3 is 0 Å². The fourth-order valence-electron chi connectivity index (χ4n) is 5.62. The number of allylic oxidation sites excluding steroid dienone is 2. The predicted molar refractivity (Wildman–Crippen MR) is 128 cm³/mol. The second-order valence-corrected chi connectivity index (χ2v) is 9.83. The number of rotatable bonds is 7. The average Bonchev–Trinajstić information content (AvgIpc) is 2.85. The molecule has 0 heterocycles. The minimum Gasteiger partial charge on any atom is -0.494 e. The molecule has 2 aliphatic carbocycles. The zero-order valence-electron chi connectivity index (χ0n) is 19.8. The van der Waals surface area contributed by atoms with Crippen LogP contribution in [-0.2, 0) is 6.42 Å². The Bertz CT molecular complexity index is 989. The van der Waals surface area contributed by atoms with Crippen LogP contribution >= 0.6 is 0 Å². The van der Waals surface area contributed by atoms with Crippen LogP contribution in [0.15, 0.2) is 36.4 Å². The molecule has 0 saturated heterocycles. The van der Waals surface area contributed by atoms with Gasteiger partial charge in [-0.25, -0.2) is 13.2 Å². The fraction of sp³-hybridized carbons (Fsp3) is 0.517. The SMILES string of the molecule is CCC1CC=C(c2ccc(CCC3CCC(c4ccc(OC)c(F)c4)CC3)c(F)c2F)CC1. The van der Waals surface area contributed by atoms with Crippen molar-refractivity contribution >= 4 is 5.57 Å². The van der Waals surface area contributed by atoms with Crippen LogP contribution < -0.4 is 4.74 Å². The van der Waals surface area contributed by atoms with E-state index in [1.165, 1.54) is 7.11 Å². The molecule has 0 spiro atoms. The lowest BCUT2D eigenvalue weighted by Crippen LogP contribution is -2.14. The van der Waals surface area contributed by atoms with Gasteiger partial charge in [0.25, 0.3) is 0 Å². The lowest BCUT2D eigenvalue weighted by atomic mass is 9.77. The van der Waals surface area contributed by atoms with Gasteiger partial charge in [-0.2, -0.15) is 0 Å². The van der Waals surface area contributed by atoms with Crippen molar-refractivity contribution in [3.63, 3.8) is 0 Å². The summed E-state index contributed by atoms with van der Waals surface area (Å²) in [6.07, 6.45) is 11.6. The number of ether oxygens (including phenoxy) is 1. The predicted octanol–water partition coefficient (Wildman–Crippen LogP) is 8.61. The van der Waals surface area contributed by atoms with Crippen LogP contribution in [0.3, 0.4) is 0 Å². The lowest BCUT2D eigenvalue weighted by Gasteiger charge is -2.29. The van der Waals surface area contributed by atoms with Crippen molar-refractivity contribution in [3.05, 3.63) is 70.5 Å². The number of hydrogen-bond acceptors (Lipinski definition) is 1. The number of halogens is 3. The van der Waals surface area contributed by atoms with Gasteiger partial charge in [0.2, 0.25) is 0 Å². The van der Waals surface area contributed by atoms with Gasteiger partial charge in [-0.1, -0.05) is 37.6 Å². The first-order valence-electron chi connectivity index (χ1n) is 12.5. The van der Waals surface area contributed by atoms with E-state index >= 15 is 0 Å². The molecule has 0 N–H and O–H groups in total. The highest BCUT2D eigenvalue weighted by Crippen LogP contribution is 2.39. The molecule has 1 unspecified atom stereocenters. The Morgan fingerprint density at radius 2 is 1.70 bits per heavy atom. The molecule has 0 bridgehead atoms. The van der Waals surface area contributed by atoms with E-state index in [9.17, 15) is 13.2 Å². The summed E-state index contributed by atoms with van der Waals surface area (Å²) in [7, 11) is 1.47. The molecule has 0 aliphatic heterocycles. The molecule has 2 aromatic rings. The van der Waals surface area contributed by atoms with Gasteiger partial charge in [-0.15, -0.1) is 0 Å². The zero-order valence-corrected chi connectivity index (χ0v) is 19.8. The van der Waals surface area contributed by atoms with E-state index in [-0.39, 0.29) is 11.6 Å². The molecule has 1 fully saturated rings. The van der Waals surface area contributed by atoms with Crippen LogP contribution in [0.2, 0.25) is 0 Å². The molecule has 0 aromatic heterocycles. The summed E-state index contributed by atoms with van der Waals surface area (Å²) in [4.78, 5) is 0. The maximum absolute atomic E-state index is 14.9. The van der Waals surface area contributed by atoms with E-state index < -0.39 is 11.6 Å². The molecule has 1 atom stereocenters. The number of aryl methyl sites for hydroxylation is 1. The van der Waals surface area contributed by atoms with E-state index in [0.717, 1.165) is 68.9 Å². The Balaban J connectivity index is 1.32. The van der Waals surface area contributed by atoms with E-state index in [1.54, 1.807) is 24.3 Å². The maximum atomic E-state index is 14.9. The molecule has 178 valence electrons. The Kier molecular flexibility index (Phi) is 7.82. The molecule has 33 heavy (non-hydrogen) atoms. The Morgan fingerprint density at radius 3 is 2.33 bits per heavy atom. The van der Waals surface area contributed by atoms with Crippen LogP contribution in [0.1, 0.15) is 87.3 Å². The van der Waals surface area contributed by atoms with E-state index in [4.69, 9.17) is 4.74 Å². The summed E-state index contributed by atoms with van der Waals surface area (Å²) in [5, 5.41) is 0. The first-order chi connectivity index (χ1) is 16.0. The molecule has 2 aliphatic rings. The number of benzene rings is 2. The van der Waals surface area contributed by atoms with Crippen LogP contribution in [-0.4, -0.2) is 7.11 Å². The zero-order chi connectivity index (χ0) is 23.4. The van der Waals surface area contributed by atoms with Gasteiger partial charge < -0.3 is 4.74 Å². The highest BCUT2D eigenvalue weighted by molar-refractivity contribution is 5.67. The Hall–Kier alpha value is -2.23. The van der Waals surface area contributed by atoms with Gasteiger partial charge in [0.1, 0.15) is 0 Å². The summed E-state index contributed by atoms with van der Waals surface area (Å²) >= 11 is 0. The summed E-state index contributed by atoms with van der Waals surface area (Å²) in [5.74, 6) is 0.127. The quantitative estimate of drug-likeness (QED) is 0.405. The molecular formula is C29H35F3O. The Morgan fingerprint density at radius 1 is 0.909 bits per heavy atom. The van der Waals surface area contributed by atoms with Gasteiger partial charge in [0, 0.05) is 5.56 Å². The average molecular weight is 457 g/mol. The van der Waals surface area contributed by atoms with Gasteiger partial charge in [-0.3, -0.25) is 0 Å². The Labute approximate surface area is 196 Å². The van der Waals surface area contributed by atoms with E-state index in [1.807, 2.05) is 6.07 Å². The van der Waals surface area contributed by atoms with Gasteiger partial charge in [-0.05, 0) is 104 Å². The monoisotopic (exact) mass is 456 g/mol. The van der Waals surface area contributed by atoms with Crippen LogP contribution in [0.4, 0.5) is 13.2 Å². The summed E-state index contributed by atoms with van der Waals surface area (Å²) < 4.78 is 48.8. The third-order valence-electron chi connectivity index (χ3n) is 7.92. The molecule has 1 saturated carbocycles. The van der Waals surface area contributed by atoms with E-state index in [2.05, 4.69) is 13.0 Å². The highest BCUT2D eigenvalue weighted by Gasteiger charge is 2.24. The van der Waals surface area contributed by atoms with Crippen molar-refractivity contribution < 1.29 is 17.9 Å². The minimum absolute atomic E-state index is 0.276. The van der Waals surface area contributed by atoms with Crippen molar-refractivity contribution in [1.29, 1.82) is 0 Å². The van der Waals surface area contributed by atoms with Crippen LogP contribution in [0, 0.1) is 29.3 Å². The van der Waals surface area contributed by atoms with Gasteiger partial charge in [0.05, 0.1) is 7.11 Å². The summed E-state index contributed by atoms with van der Waals surface area (Å²) in [6, 6.07) is 8.81. The third-order valence-corrected chi connectivity index (χ3v) is 7.92. The van der Waals surface area contributed by atoms with Crippen molar-refractivity contribution in [2.45, 2.75) is 77.0 Å². The lowest BCUT2D eigenvalue weighted by molar-refractivity contribution is 0.308. The van der Waals surface area contributed by atoms with Crippen molar-refractivity contribution in [1.82, 2.24) is 0 Å². The molecule has 4 heteroatoms. The van der Waals surface area contributed by atoms with Crippen LogP contribution in [0.25, 0.3) is 5.57 Å². The molecule has 2 aromatic carbocycles. The van der Waals surface area contributed by atoms with Crippen molar-refractivity contribution in [2.75, 3.05) is 7.11 Å². The van der Waals surface area contributed by atoms with Crippen molar-refractivity contribution in [2.24, 2.45) is 11.8 Å². The van der Waals surface area contributed by atoms with Crippen molar-refractivity contribution in [3.8, 4) is 5.75 Å². The van der Waals surface area contributed by atoms with Gasteiger partial charge in [0.15, 0.2) is 23.2 Å². The standard InChI is InChI=1S/C29H35F3O/c1-3-19-4-11-22(12-5-19)25-16-14-23(28(31)29(25)32)13-8-20-6-9-21(10-7-20)24-15-17-27(33-2)26(30)18-24/h11,14-21H,3-10,12-13H2,1-2H3. The number of hydrogen-bond donors (Lipinski definition) is 0. The topological polar surface area (TPSA) is 9.23 Å². The normalized spacial score (nSPS) is 23.3. The molecule has 1 nitrogen and oxygen atoms in total. The highest BCUT2D eigenvalue weighted by atomic mass is 19.2.